The van der Waals surface area contributed by atoms with E-state index in [1.165, 1.54) is 6.07 Å². The number of sulfonamides is 1. The lowest BCUT2D eigenvalue weighted by Crippen LogP contribution is -2.38. The molecule has 0 aliphatic rings. The van der Waals surface area contributed by atoms with Crippen LogP contribution in [0.15, 0.2) is 23.2 Å². The zero-order valence-corrected chi connectivity index (χ0v) is 13.9. The molecular formula is C14H23FN4O2S. The zero-order valence-electron chi connectivity index (χ0n) is 13.1. The summed E-state index contributed by atoms with van der Waals surface area (Å²) in [6, 6.07) is 5.08. The lowest BCUT2D eigenvalue weighted by atomic mass is 10.1. The van der Waals surface area contributed by atoms with Crippen LogP contribution in [0.2, 0.25) is 0 Å². The number of aliphatic imine (C=N–C) groups is 1. The van der Waals surface area contributed by atoms with Crippen molar-refractivity contribution in [3.63, 3.8) is 0 Å². The van der Waals surface area contributed by atoms with Gasteiger partial charge >= 0.3 is 0 Å². The van der Waals surface area contributed by atoms with Gasteiger partial charge < -0.3 is 10.6 Å². The molecule has 0 spiro atoms. The highest BCUT2D eigenvalue weighted by atomic mass is 32.2. The Bertz CT molecular complexity index is 617. The summed E-state index contributed by atoms with van der Waals surface area (Å²) in [5.74, 6) is 0.356. The largest absolute Gasteiger partial charge is 0.356 e. The minimum Gasteiger partial charge on any atom is -0.356 e. The van der Waals surface area contributed by atoms with E-state index >= 15 is 0 Å². The number of hydrogen-bond acceptors (Lipinski definition) is 3. The fraction of sp³-hybridized carbons (Fsp3) is 0.500. The van der Waals surface area contributed by atoms with Crippen molar-refractivity contribution >= 4 is 16.0 Å². The van der Waals surface area contributed by atoms with E-state index in [1.807, 2.05) is 6.07 Å². The maximum Gasteiger partial charge on any atom is 0.208 e. The summed E-state index contributed by atoms with van der Waals surface area (Å²) in [4.78, 5) is 4.05. The number of hydrogen-bond donors (Lipinski definition) is 3. The number of nitrogens with one attached hydrogen (secondary N) is 3. The summed E-state index contributed by atoms with van der Waals surface area (Å²) in [6.07, 6.45) is 1.76. The maximum absolute atomic E-state index is 13.4. The normalized spacial score (nSPS) is 12.3. The van der Waals surface area contributed by atoms with Gasteiger partial charge in [0.1, 0.15) is 5.82 Å². The number of benzene rings is 1. The molecule has 0 unspecified atom stereocenters. The van der Waals surface area contributed by atoms with Crippen molar-refractivity contribution in [2.24, 2.45) is 4.99 Å². The zero-order chi connectivity index (χ0) is 16.6. The van der Waals surface area contributed by atoms with Crippen molar-refractivity contribution in [1.82, 2.24) is 15.4 Å². The number of halogens is 1. The summed E-state index contributed by atoms with van der Waals surface area (Å²) in [5, 5.41) is 6.14. The standard InChI is InChI=1S/C14H23FN4O2S/c1-11-5-6-12(9-13(11)15)10-18-14(16-2)17-7-4-8-19-22(3,20)21/h5-6,9,19H,4,7-8,10H2,1-3H3,(H2,16,17,18). The third kappa shape index (κ3) is 7.37. The second kappa shape index (κ2) is 8.70. The summed E-state index contributed by atoms with van der Waals surface area (Å²) >= 11 is 0. The van der Waals surface area contributed by atoms with Gasteiger partial charge in [0.05, 0.1) is 6.26 Å². The van der Waals surface area contributed by atoms with E-state index in [2.05, 4.69) is 20.3 Å². The van der Waals surface area contributed by atoms with Gasteiger partial charge in [0.15, 0.2) is 5.96 Å². The van der Waals surface area contributed by atoms with Gasteiger partial charge in [0.2, 0.25) is 10.0 Å². The third-order valence-electron chi connectivity index (χ3n) is 2.93. The molecule has 0 amide bonds. The number of guanidine groups is 1. The fourth-order valence-electron chi connectivity index (χ4n) is 1.71. The van der Waals surface area contributed by atoms with Crippen molar-refractivity contribution in [1.29, 1.82) is 0 Å². The molecule has 0 radical (unpaired) electrons. The Morgan fingerprint density at radius 2 is 2.00 bits per heavy atom. The molecule has 0 saturated heterocycles. The van der Waals surface area contributed by atoms with Crippen molar-refractivity contribution in [2.45, 2.75) is 19.9 Å². The van der Waals surface area contributed by atoms with Gasteiger partial charge in [-0.3, -0.25) is 4.99 Å². The predicted octanol–water partition coefficient (Wildman–Crippen LogP) is 0.738. The van der Waals surface area contributed by atoms with Crippen LogP contribution in [0.4, 0.5) is 4.39 Å². The summed E-state index contributed by atoms with van der Waals surface area (Å²) in [5.41, 5.74) is 1.44. The summed E-state index contributed by atoms with van der Waals surface area (Å²) < 4.78 is 37.6. The molecule has 0 aliphatic heterocycles. The molecule has 3 N–H and O–H groups in total. The van der Waals surface area contributed by atoms with Crippen LogP contribution < -0.4 is 15.4 Å². The first kappa shape index (κ1) is 18.4. The van der Waals surface area contributed by atoms with E-state index in [9.17, 15) is 12.8 Å². The van der Waals surface area contributed by atoms with Crippen molar-refractivity contribution in [2.75, 3.05) is 26.4 Å². The minimum absolute atomic E-state index is 0.228. The quantitative estimate of drug-likeness (QED) is 0.391. The predicted molar refractivity (Wildman–Crippen MR) is 86.8 cm³/mol. The van der Waals surface area contributed by atoms with Gasteiger partial charge in [-0.1, -0.05) is 12.1 Å². The first-order valence-electron chi connectivity index (χ1n) is 6.96. The van der Waals surface area contributed by atoms with Crippen LogP contribution >= 0.6 is 0 Å². The Morgan fingerprint density at radius 3 is 2.59 bits per heavy atom. The first-order chi connectivity index (χ1) is 10.3. The molecule has 0 aromatic heterocycles. The molecule has 124 valence electrons. The molecule has 22 heavy (non-hydrogen) atoms. The molecule has 8 heteroatoms. The number of nitrogens with zero attached hydrogens (tertiary/aromatic N) is 1. The second-order valence-electron chi connectivity index (χ2n) is 4.96. The average molecular weight is 330 g/mol. The highest BCUT2D eigenvalue weighted by molar-refractivity contribution is 7.88. The Morgan fingerprint density at radius 1 is 1.27 bits per heavy atom. The van der Waals surface area contributed by atoms with E-state index in [4.69, 9.17) is 0 Å². The maximum atomic E-state index is 13.4. The Labute approximate surface area is 131 Å². The monoisotopic (exact) mass is 330 g/mol. The number of aryl methyl sites for hydroxylation is 1. The Hall–Kier alpha value is -1.67. The average Bonchev–Trinajstić information content (AvgIpc) is 2.44. The fourth-order valence-corrected chi connectivity index (χ4v) is 2.22. The molecule has 0 atom stereocenters. The van der Waals surface area contributed by atoms with Crippen LogP contribution in [0.5, 0.6) is 0 Å². The molecule has 0 bridgehead atoms. The van der Waals surface area contributed by atoms with Crippen LogP contribution in [0, 0.1) is 12.7 Å². The van der Waals surface area contributed by atoms with Gasteiger partial charge in [-0.2, -0.15) is 0 Å². The minimum atomic E-state index is -3.14. The topological polar surface area (TPSA) is 82.6 Å². The molecule has 1 aromatic rings. The van der Waals surface area contributed by atoms with Crippen LogP contribution in [-0.4, -0.2) is 40.8 Å². The highest BCUT2D eigenvalue weighted by Crippen LogP contribution is 2.08. The van der Waals surface area contributed by atoms with E-state index < -0.39 is 10.0 Å². The smallest absolute Gasteiger partial charge is 0.208 e. The molecule has 1 aromatic carbocycles. The van der Waals surface area contributed by atoms with Crippen LogP contribution in [0.1, 0.15) is 17.5 Å². The molecular weight excluding hydrogens is 307 g/mol. The van der Waals surface area contributed by atoms with Gasteiger partial charge in [0.25, 0.3) is 0 Å². The number of rotatable bonds is 7. The molecule has 0 fully saturated rings. The lowest BCUT2D eigenvalue weighted by molar-refractivity contribution is 0.584. The Kier molecular flexibility index (Phi) is 7.26. The summed E-state index contributed by atoms with van der Waals surface area (Å²) in [6.45, 7) is 3.12. The van der Waals surface area contributed by atoms with Crippen LogP contribution in [-0.2, 0) is 16.6 Å². The van der Waals surface area contributed by atoms with E-state index in [0.717, 1.165) is 11.8 Å². The second-order valence-corrected chi connectivity index (χ2v) is 6.79. The van der Waals surface area contributed by atoms with Crippen molar-refractivity contribution in [3.05, 3.63) is 35.1 Å². The van der Waals surface area contributed by atoms with Gasteiger partial charge in [-0.25, -0.2) is 17.5 Å². The van der Waals surface area contributed by atoms with Gasteiger partial charge in [0, 0.05) is 26.7 Å². The molecule has 6 nitrogen and oxygen atoms in total. The van der Waals surface area contributed by atoms with Gasteiger partial charge in [-0.05, 0) is 30.5 Å². The van der Waals surface area contributed by atoms with Crippen molar-refractivity contribution < 1.29 is 12.8 Å². The highest BCUT2D eigenvalue weighted by Gasteiger charge is 2.02. The lowest BCUT2D eigenvalue weighted by Gasteiger charge is -2.12. The van der Waals surface area contributed by atoms with E-state index in [-0.39, 0.29) is 5.82 Å². The van der Waals surface area contributed by atoms with E-state index in [0.29, 0.717) is 37.6 Å². The van der Waals surface area contributed by atoms with Crippen LogP contribution in [0.25, 0.3) is 0 Å². The summed E-state index contributed by atoms with van der Waals surface area (Å²) in [7, 11) is -1.50. The van der Waals surface area contributed by atoms with Crippen molar-refractivity contribution in [3.8, 4) is 0 Å². The molecule has 0 heterocycles. The van der Waals surface area contributed by atoms with Gasteiger partial charge in [-0.15, -0.1) is 0 Å². The van der Waals surface area contributed by atoms with E-state index in [1.54, 1.807) is 20.0 Å². The molecule has 0 aliphatic carbocycles. The molecule has 1 rings (SSSR count). The Balaban J connectivity index is 2.32. The SMILES string of the molecule is CN=C(NCCCNS(C)(=O)=O)NCc1ccc(C)c(F)c1. The molecule has 0 saturated carbocycles. The first-order valence-corrected chi connectivity index (χ1v) is 8.85. The van der Waals surface area contributed by atoms with Crippen LogP contribution in [0.3, 0.4) is 0 Å². The third-order valence-corrected chi connectivity index (χ3v) is 3.66.